The van der Waals surface area contributed by atoms with Crippen LogP contribution in [0.1, 0.15) is 17.0 Å². The van der Waals surface area contributed by atoms with Crippen molar-refractivity contribution in [3.05, 3.63) is 68.1 Å². The van der Waals surface area contributed by atoms with Crippen LogP contribution in [0.5, 0.6) is 0 Å². The Balaban J connectivity index is 2.08. The summed E-state index contributed by atoms with van der Waals surface area (Å²) in [5, 5.41) is 18.4. The van der Waals surface area contributed by atoms with Crippen LogP contribution in [0.15, 0.2) is 50.1 Å². The van der Waals surface area contributed by atoms with Crippen molar-refractivity contribution < 1.29 is 0 Å². The first-order valence-electron chi connectivity index (χ1n) is 7.75. The van der Waals surface area contributed by atoms with Crippen molar-refractivity contribution in [2.45, 2.75) is 23.7 Å². The molecule has 0 bridgehead atoms. The molecule has 26 heavy (non-hydrogen) atoms. The number of nitriles is 1. The Hall–Kier alpha value is -3.12. The Labute approximate surface area is 153 Å². The van der Waals surface area contributed by atoms with Crippen molar-refractivity contribution in [1.29, 1.82) is 5.26 Å². The third-order valence-corrected chi connectivity index (χ3v) is 5.15. The van der Waals surface area contributed by atoms with Crippen LogP contribution in [0.4, 0.5) is 0 Å². The molecule has 8 nitrogen and oxygen atoms in total. The maximum atomic E-state index is 12.2. The quantitative estimate of drug-likeness (QED) is 0.639. The molecule has 0 aliphatic rings. The predicted molar refractivity (Wildman–Crippen MR) is 96.1 cm³/mol. The molecule has 0 fully saturated rings. The Morgan fingerprint density at radius 2 is 1.81 bits per heavy atom. The van der Waals surface area contributed by atoms with E-state index in [4.69, 9.17) is 0 Å². The van der Waals surface area contributed by atoms with E-state index in [0.717, 1.165) is 21.9 Å². The predicted octanol–water partition coefficient (Wildman–Crippen LogP) is 1.06. The second-order valence-corrected chi connectivity index (χ2v) is 6.66. The van der Waals surface area contributed by atoms with E-state index in [2.05, 4.69) is 10.2 Å². The number of aryl methyl sites for hydroxylation is 1. The number of rotatable bonds is 4. The van der Waals surface area contributed by atoms with Crippen molar-refractivity contribution in [3.63, 3.8) is 0 Å². The van der Waals surface area contributed by atoms with Crippen molar-refractivity contribution in [2.24, 2.45) is 14.1 Å². The molecule has 0 aliphatic heterocycles. The molecule has 1 aromatic carbocycles. The summed E-state index contributed by atoms with van der Waals surface area (Å²) in [5.41, 5.74) is -0.145. The van der Waals surface area contributed by atoms with Gasteiger partial charge in [0.15, 0.2) is 5.16 Å². The fourth-order valence-electron chi connectivity index (χ4n) is 2.51. The zero-order chi connectivity index (χ0) is 18.8. The number of benzene rings is 1. The highest BCUT2D eigenvalue weighted by atomic mass is 32.2. The molecule has 0 N–H and O–H groups in total. The third-order valence-electron chi connectivity index (χ3n) is 4.00. The van der Waals surface area contributed by atoms with E-state index < -0.39 is 11.2 Å². The lowest BCUT2D eigenvalue weighted by molar-refractivity contribution is 0.627. The minimum Gasteiger partial charge on any atom is -0.301 e. The van der Waals surface area contributed by atoms with Gasteiger partial charge < -0.3 is 4.57 Å². The maximum absolute atomic E-state index is 12.2. The summed E-state index contributed by atoms with van der Waals surface area (Å²) in [6.07, 6.45) is 0. The molecule has 0 radical (unpaired) electrons. The molecule has 2 heterocycles. The average molecular weight is 368 g/mol. The molecule has 0 saturated heterocycles. The Kier molecular flexibility index (Phi) is 4.77. The zero-order valence-corrected chi connectivity index (χ0v) is 15.3. The molecule has 2 aromatic heterocycles. The van der Waals surface area contributed by atoms with Crippen molar-refractivity contribution in [1.82, 2.24) is 23.9 Å². The van der Waals surface area contributed by atoms with Crippen LogP contribution >= 0.6 is 11.8 Å². The monoisotopic (exact) mass is 368 g/mol. The second kappa shape index (κ2) is 7.01. The summed E-state index contributed by atoms with van der Waals surface area (Å²) >= 11 is 1.09. The molecule has 0 atom stereocenters. The number of nitrogens with zero attached hydrogens (tertiary/aromatic N) is 6. The van der Waals surface area contributed by atoms with Gasteiger partial charge in [-0.15, -0.1) is 10.2 Å². The van der Waals surface area contributed by atoms with Gasteiger partial charge >= 0.3 is 5.69 Å². The molecule has 9 heteroatoms. The molecule has 3 aromatic rings. The highest BCUT2D eigenvalue weighted by molar-refractivity contribution is 7.99. The summed E-state index contributed by atoms with van der Waals surface area (Å²) in [7, 11) is 2.87. The van der Waals surface area contributed by atoms with Crippen LogP contribution in [0.25, 0.3) is 0 Å². The molecule has 0 aliphatic carbocycles. The molecule has 132 valence electrons. The SMILES string of the molecule is Cc1nnc(Sc2c(C#N)c(=O)n(C)c(=O)n2C)n1Cc1ccccc1. The largest absolute Gasteiger partial charge is 0.331 e. The summed E-state index contributed by atoms with van der Waals surface area (Å²) in [4.78, 5) is 24.4. The normalized spacial score (nSPS) is 10.7. The van der Waals surface area contributed by atoms with Gasteiger partial charge in [-0.1, -0.05) is 30.3 Å². The molecule has 0 spiro atoms. The molecule has 0 unspecified atom stereocenters. The number of hydrogen-bond donors (Lipinski definition) is 0. The highest BCUT2D eigenvalue weighted by Crippen LogP contribution is 2.27. The van der Waals surface area contributed by atoms with Gasteiger partial charge in [-0.3, -0.25) is 13.9 Å². The van der Waals surface area contributed by atoms with Crippen molar-refractivity contribution in [3.8, 4) is 6.07 Å². The van der Waals surface area contributed by atoms with Gasteiger partial charge in [-0.25, -0.2) is 4.79 Å². The van der Waals surface area contributed by atoms with E-state index in [1.807, 2.05) is 47.9 Å². The van der Waals surface area contributed by atoms with Crippen molar-refractivity contribution in [2.75, 3.05) is 0 Å². The summed E-state index contributed by atoms with van der Waals surface area (Å²) in [6, 6.07) is 11.7. The van der Waals surface area contributed by atoms with Gasteiger partial charge in [0.05, 0.1) is 6.54 Å². The van der Waals surface area contributed by atoms with Gasteiger partial charge in [0.2, 0.25) is 0 Å². The Bertz CT molecular complexity index is 1120. The molecular weight excluding hydrogens is 352 g/mol. The number of hydrogen-bond acceptors (Lipinski definition) is 6. The standard InChI is InChI=1S/C17H16N6O2S/c1-11-19-20-16(23(11)10-12-7-5-4-6-8-12)26-15-13(9-18)14(24)21(2)17(25)22(15)3/h4-8H,10H2,1-3H3. The minimum absolute atomic E-state index is 0.0912. The van der Waals surface area contributed by atoms with E-state index in [-0.39, 0.29) is 10.6 Å². The second-order valence-electron chi connectivity index (χ2n) is 5.70. The van der Waals surface area contributed by atoms with Crippen LogP contribution in [-0.2, 0) is 20.6 Å². The summed E-state index contributed by atoms with van der Waals surface area (Å²) in [5.74, 6) is 0.698. The Morgan fingerprint density at radius 3 is 2.46 bits per heavy atom. The van der Waals surface area contributed by atoms with E-state index in [0.29, 0.717) is 17.5 Å². The third kappa shape index (κ3) is 3.07. The van der Waals surface area contributed by atoms with Crippen LogP contribution in [0.2, 0.25) is 0 Å². The van der Waals surface area contributed by atoms with Gasteiger partial charge in [-0.2, -0.15) is 5.26 Å². The van der Waals surface area contributed by atoms with Crippen LogP contribution in [-0.4, -0.2) is 23.9 Å². The molecule has 0 saturated carbocycles. The first-order chi connectivity index (χ1) is 12.4. The van der Waals surface area contributed by atoms with E-state index >= 15 is 0 Å². The smallest absolute Gasteiger partial charge is 0.301 e. The lowest BCUT2D eigenvalue weighted by Crippen LogP contribution is -2.39. The summed E-state index contributed by atoms with van der Waals surface area (Å²) < 4.78 is 4.08. The minimum atomic E-state index is -0.621. The van der Waals surface area contributed by atoms with E-state index in [1.165, 1.54) is 18.7 Å². The van der Waals surface area contributed by atoms with Crippen LogP contribution < -0.4 is 11.2 Å². The van der Waals surface area contributed by atoms with Gasteiger partial charge in [0, 0.05) is 14.1 Å². The molecular formula is C17H16N6O2S. The molecule has 0 amide bonds. The fraction of sp³-hybridized carbons (Fsp3) is 0.235. The first-order valence-corrected chi connectivity index (χ1v) is 8.57. The van der Waals surface area contributed by atoms with E-state index in [9.17, 15) is 14.9 Å². The first kappa shape index (κ1) is 17.7. The number of aromatic nitrogens is 5. The lowest BCUT2D eigenvalue weighted by Gasteiger charge is -2.12. The van der Waals surface area contributed by atoms with Crippen LogP contribution in [0, 0.1) is 18.3 Å². The Morgan fingerprint density at radius 1 is 1.12 bits per heavy atom. The maximum Gasteiger partial charge on any atom is 0.331 e. The molecule has 3 rings (SSSR count). The lowest BCUT2D eigenvalue weighted by atomic mass is 10.2. The zero-order valence-electron chi connectivity index (χ0n) is 14.5. The highest BCUT2D eigenvalue weighted by Gasteiger charge is 2.20. The van der Waals surface area contributed by atoms with Crippen molar-refractivity contribution >= 4 is 11.8 Å². The fourth-order valence-corrected chi connectivity index (χ4v) is 3.52. The van der Waals surface area contributed by atoms with Crippen LogP contribution in [0.3, 0.4) is 0 Å². The van der Waals surface area contributed by atoms with Gasteiger partial charge in [0.25, 0.3) is 5.56 Å². The average Bonchev–Trinajstić information content (AvgIpc) is 2.99. The van der Waals surface area contributed by atoms with Gasteiger partial charge in [-0.05, 0) is 24.2 Å². The van der Waals surface area contributed by atoms with E-state index in [1.54, 1.807) is 0 Å². The summed E-state index contributed by atoms with van der Waals surface area (Å²) in [6.45, 7) is 2.37. The topological polar surface area (TPSA) is 98.5 Å². The van der Waals surface area contributed by atoms with Gasteiger partial charge in [0.1, 0.15) is 22.5 Å².